The summed E-state index contributed by atoms with van der Waals surface area (Å²) in [6.45, 7) is 2.38. The van der Waals surface area contributed by atoms with E-state index in [4.69, 9.17) is 9.15 Å². The van der Waals surface area contributed by atoms with Crippen LogP contribution in [0.2, 0.25) is 0 Å². The molecule has 0 bridgehead atoms. The van der Waals surface area contributed by atoms with E-state index in [1.165, 1.54) is 22.5 Å². The maximum Gasteiger partial charge on any atom is 0.277 e. The molecule has 4 rings (SSSR count). The molecule has 1 amide bonds. The van der Waals surface area contributed by atoms with Gasteiger partial charge in [-0.05, 0) is 6.07 Å². The molecule has 1 fully saturated rings. The molecule has 0 aliphatic carbocycles. The Morgan fingerprint density at radius 1 is 1.07 bits per heavy atom. The van der Waals surface area contributed by atoms with E-state index in [1.54, 1.807) is 11.0 Å². The summed E-state index contributed by atoms with van der Waals surface area (Å²) in [4.78, 5) is 26.1. The smallest absolute Gasteiger partial charge is 0.277 e. The van der Waals surface area contributed by atoms with Gasteiger partial charge in [-0.2, -0.15) is 5.10 Å². The van der Waals surface area contributed by atoms with E-state index < -0.39 is 0 Å². The molecule has 9 nitrogen and oxygen atoms in total. The Morgan fingerprint density at radius 3 is 2.66 bits per heavy atom. The van der Waals surface area contributed by atoms with Gasteiger partial charge in [0.15, 0.2) is 0 Å². The van der Waals surface area contributed by atoms with Crippen molar-refractivity contribution in [3.8, 4) is 11.3 Å². The van der Waals surface area contributed by atoms with Gasteiger partial charge in [-0.25, -0.2) is 4.68 Å². The molecular formula is C19H19N5O4S. The van der Waals surface area contributed by atoms with Crippen LogP contribution in [-0.2, 0) is 16.1 Å². The van der Waals surface area contributed by atoms with Gasteiger partial charge in [0.05, 0.1) is 24.7 Å². The first-order valence-electron chi connectivity index (χ1n) is 9.13. The fourth-order valence-corrected chi connectivity index (χ4v) is 3.52. The molecule has 1 aromatic carbocycles. The second-order valence-electron chi connectivity index (χ2n) is 6.32. The molecule has 29 heavy (non-hydrogen) atoms. The van der Waals surface area contributed by atoms with Crippen LogP contribution >= 0.6 is 11.8 Å². The summed E-state index contributed by atoms with van der Waals surface area (Å²) in [7, 11) is 0. The lowest BCUT2D eigenvalue weighted by Gasteiger charge is -2.26. The van der Waals surface area contributed by atoms with Crippen molar-refractivity contribution in [1.82, 2.24) is 24.9 Å². The summed E-state index contributed by atoms with van der Waals surface area (Å²) in [6.07, 6.45) is 0. The van der Waals surface area contributed by atoms with E-state index in [0.717, 1.165) is 5.56 Å². The fraction of sp³-hybridized carbons (Fsp3) is 0.316. The van der Waals surface area contributed by atoms with Crippen LogP contribution in [0.4, 0.5) is 0 Å². The molecule has 0 unspecified atom stereocenters. The van der Waals surface area contributed by atoms with E-state index in [1.807, 2.05) is 30.3 Å². The van der Waals surface area contributed by atoms with Crippen LogP contribution in [0.1, 0.15) is 5.89 Å². The van der Waals surface area contributed by atoms with Crippen molar-refractivity contribution in [2.24, 2.45) is 0 Å². The second-order valence-corrected chi connectivity index (χ2v) is 7.25. The van der Waals surface area contributed by atoms with Crippen LogP contribution in [-0.4, -0.2) is 62.8 Å². The molecule has 0 radical (unpaired) electrons. The summed E-state index contributed by atoms with van der Waals surface area (Å²) < 4.78 is 12.1. The first-order valence-corrected chi connectivity index (χ1v) is 10.1. The van der Waals surface area contributed by atoms with Gasteiger partial charge in [0.1, 0.15) is 6.54 Å². The Balaban J connectivity index is 1.40. The molecule has 0 saturated carbocycles. The predicted molar refractivity (Wildman–Crippen MR) is 105 cm³/mol. The zero-order chi connectivity index (χ0) is 20.1. The second kappa shape index (κ2) is 9.01. The molecular weight excluding hydrogens is 394 g/mol. The highest BCUT2D eigenvalue weighted by atomic mass is 32.2. The van der Waals surface area contributed by atoms with Gasteiger partial charge in [0, 0.05) is 24.7 Å². The lowest BCUT2D eigenvalue weighted by atomic mass is 10.1. The number of rotatable bonds is 6. The maximum absolute atomic E-state index is 12.2. The normalized spacial score (nSPS) is 14.1. The summed E-state index contributed by atoms with van der Waals surface area (Å²) in [5, 5.41) is 12.6. The van der Waals surface area contributed by atoms with Crippen molar-refractivity contribution in [2.75, 3.05) is 32.1 Å². The van der Waals surface area contributed by atoms with Gasteiger partial charge in [0.25, 0.3) is 10.8 Å². The third-order valence-corrected chi connectivity index (χ3v) is 5.16. The molecule has 3 heterocycles. The quantitative estimate of drug-likeness (QED) is 0.557. The van der Waals surface area contributed by atoms with Gasteiger partial charge in [0.2, 0.25) is 11.8 Å². The van der Waals surface area contributed by atoms with Gasteiger partial charge in [-0.3, -0.25) is 9.59 Å². The molecule has 0 atom stereocenters. The first kappa shape index (κ1) is 19.3. The van der Waals surface area contributed by atoms with E-state index in [-0.39, 0.29) is 34.9 Å². The number of ether oxygens (including phenoxy) is 1. The number of aromatic nitrogens is 4. The van der Waals surface area contributed by atoms with E-state index in [0.29, 0.717) is 32.0 Å². The standard InChI is InChI=1S/C19H19N5O4S/c25-17-7-6-15(14-4-2-1-3-5-14)22-24(17)12-16-20-21-19(28-16)29-13-18(26)23-8-10-27-11-9-23/h1-7H,8-13H2. The number of amides is 1. The largest absolute Gasteiger partial charge is 0.414 e. The van der Waals surface area contributed by atoms with Crippen LogP contribution < -0.4 is 5.56 Å². The Morgan fingerprint density at radius 2 is 1.86 bits per heavy atom. The monoisotopic (exact) mass is 413 g/mol. The lowest BCUT2D eigenvalue weighted by Crippen LogP contribution is -2.41. The van der Waals surface area contributed by atoms with Crippen molar-refractivity contribution < 1.29 is 13.9 Å². The molecule has 1 saturated heterocycles. The zero-order valence-electron chi connectivity index (χ0n) is 15.6. The van der Waals surface area contributed by atoms with Crippen molar-refractivity contribution in [3.05, 3.63) is 58.7 Å². The zero-order valence-corrected chi connectivity index (χ0v) is 16.4. The first-order chi connectivity index (χ1) is 14.2. The van der Waals surface area contributed by atoms with Gasteiger partial charge in [-0.15, -0.1) is 10.2 Å². The van der Waals surface area contributed by atoms with Gasteiger partial charge in [-0.1, -0.05) is 42.1 Å². The highest BCUT2D eigenvalue weighted by molar-refractivity contribution is 7.99. The Kier molecular flexibility index (Phi) is 6.01. The lowest BCUT2D eigenvalue weighted by molar-refractivity contribution is -0.132. The van der Waals surface area contributed by atoms with E-state index in [9.17, 15) is 9.59 Å². The molecule has 1 aliphatic heterocycles. The third kappa shape index (κ3) is 4.90. The number of thioether (sulfide) groups is 1. The minimum Gasteiger partial charge on any atom is -0.414 e. The molecule has 150 valence electrons. The average Bonchev–Trinajstić information content (AvgIpc) is 3.22. The van der Waals surface area contributed by atoms with Crippen LogP contribution in [0.3, 0.4) is 0 Å². The highest BCUT2D eigenvalue weighted by Gasteiger charge is 2.18. The number of hydrogen-bond acceptors (Lipinski definition) is 8. The topological polar surface area (TPSA) is 103 Å². The minimum atomic E-state index is -0.264. The minimum absolute atomic E-state index is 0.00602. The Labute approximate surface area is 170 Å². The van der Waals surface area contributed by atoms with Crippen molar-refractivity contribution >= 4 is 17.7 Å². The Hall–Kier alpha value is -2.98. The van der Waals surface area contributed by atoms with Gasteiger partial charge < -0.3 is 14.1 Å². The van der Waals surface area contributed by atoms with Crippen LogP contribution in [0, 0.1) is 0 Å². The van der Waals surface area contributed by atoms with Crippen LogP contribution in [0.15, 0.2) is 56.9 Å². The Bertz CT molecular complexity index is 1030. The molecule has 1 aliphatic rings. The number of benzene rings is 1. The molecule has 0 spiro atoms. The summed E-state index contributed by atoms with van der Waals surface area (Å²) in [5.41, 5.74) is 1.32. The molecule has 10 heteroatoms. The molecule has 3 aromatic rings. The van der Waals surface area contributed by atoms with Crippen molar-refractivity contribution in [2.45, 2.75) is 11.8 Å². The molecule has 0 N–H and O–H groups in total. The predicted octanol–water partition coefficient (Wildman–Crippen LogP) is 1.29. The summed E-state index contributed by atoms with van der Waals surface area (Å²) in [5.74, 6) is 0.473. The highest BCUT2D eigenvalue weighted by Crippen LogP contribution is 2.18. The molecule has 2 aromatic heterocycles. The fourth-order valence-electron chi connectivity index (χ4n) is 2.84. The van der Waals surface area contributed by atoms with Crippen molar-refractivity contribution in [1.29, 1.82) is 0 Å². The third-order valence-electron chi connectivity index (χ3n) is 4.35. The van der Waals surface area contributed by atoms with Gasteiger partial charge >= 0.3 is 0 Å². The maximum atomic E-state index is 12.2. The summed E-state index contributed by atoms with van der Waals surface area (Å²) in [6, 6.07) is 12.7. The van der Waals surface area contributed by atoms with E-state index in [2.05, 4.69) is 15.3 Å². The van der Waals surface area contributed by atoms with E-state index >= 15 is 0 Å². The summed E-state index contributed by atoms with van der Waals surface area (Å²) >= 11 is 1.18. The number of carbonyl (C=O) groups is 1. The number of morpholine rings is 1. The number of hydrogen-bond donors (Lipinski definition) is 0. The van der Waals surface area contributed by atoms with Crippen LogP contribution in [0.25, 0.3) is 11.3 Å². The van der Waals surface area contributed by atoms with Crippen molar-refractivity contribution in [3.63, 3.8) is 0 Å². The SMILES string of the molecule is O=C(CSc1nnc(Cn2nc(-c3ccccc3)ccc2=O)o1)N1CCOCC1. The number of carbonyl (C=O) groups excluding carboxylic acids is 1. The average molecular weight is 413 g/mol. The van der Waals surface area contributed by atoms with Crippen LogP contribution in [0.5, 0.6) is 0 Å². The number of nitrogens with zero attached hydrogens (tertiary/aromatic N) is 5.